The molecule has 7 nitrogen and oxygen atoms in total. The van der Waals surface area contributed by atoms with E-state index in [-0.39, 0.29) is 35.8 Å². The summed E-state index contributed by atoms with van der Waals surface area (Å²) >= 11 is 0. The number of hydrogen-bond donors (Lipinski definition) is 1. The number of hydrogen-bond acceptors (Lipinski definition) is 4. The van der Waals surface area contributed by atoms with E-state index in [2.05, 4.69) is 10.3 Å². The lowest BCUT2D eigenvalue weighted by atomic mass is 9.97. The minimum absolute atomic E-state index is 0. The first kappa shape index (κ1) is 24.9. The molecule has 1 N–H and O–H groups in total. The van der Waals surface area contributed by atoms with Crippen LogP contribution in [-0.2, 0) is 14.3 Å². The number of aliphatic imine (C=N–C) groups is 1. The fourth-order valence-electron chi connectivity index (χ4n) is 3.46. The van der Waals surface area contributed by atoms with Crippen LogP contribution >= 0.6 is 24.0 Å². The maximum absolute atomic E-state index is 13.2. The van der Waals surface area contributed by atoms with E-state index in [1.165, 1.54) is 12.8 Å². The van der Waals surface area contributed by atoms with Gasteiger partial charge in [-0.2, -0.15) is 0 Å². The molecule has 1 aliphatic carbocycles. The molecule has 0 spiro atoms. The zero-order valence-electron chi connectivity index (χ0n) is 18.1. The standard InChI is InChI=1S/C22H34N4O3.HI/c1-23-22(25(2)10-13-29-17-18-8-9-18)24-16-20(19-6-4-3-5-7-19)21(27)26-11-14-28-15-12-26;/h3-7,18,20H,8-17H2,1-2H3,(H,23,24);1H. The Labute approximate surface area is 197 Å². The van der Waals surface area contributed by atoms with Crippen molar-refractivity contribution in [2.75, 3.05) is 66.7 Å². The van der Waals surface area contributed by atoms with Gasteiger partial charge in [0.1, 0.15) is 0 Å². The molecule has 8 heteroatoms. The summed E-state index contributed by atoms with van der Waals surface area (Å²) in [5, 5.41) is 3.39. The highest BCUT2D eigenvalue weighted by Gasteiger charge is 2.27. The number of nitrogens with zero attached hydrogens (tertiary/aromatic N) is 3. The number of nitrogens with one attached hydrogen (secondary N) is 1. The van der Waals surface area contributed by atoms with Crippen LogP contribution in [0.3, 0.4) is 0 Å². The molecule has 2 aliphatic rings. The Morgan fingerprint density at radius 1 is 1.30 bits per heavy atom. The van der Waals surface area contributed by atoms with Crippen LogP contribution in [0.25, 0.3) is 0 Å². The highest BCUT2D eigenvalue weighted by Crippen LogP contribution is 2.28. The minimum Gasteiger partial charge on any atom is -0.379 e. The fraction of sp³-hybridized carbons (Fsp3) is 0.636. The van der Waals surface area contributed by atoms with Gasteiger partial charge in [0, 0.05) is 46.9 Å². The van der Waals surface area contributed by atoms with E-state index < -0.39 is 0 Å². The average Bonchev–Trinajstić information content (AvgIpc) is 3.59. The van der Waals surface area contributed by atoms with Gasteiger partial charge in [0.15, 0.2) is 5.96 Å². The smallest absolute Gasteiger partial charge is 0.232 e. The quantitative estimate of drug-likeness (QED) is 0.230. The highest BCUT2D eigenvalue weighted by atomic mass is 127. The predicted octanol–water partition coefficient (Wildman–Crippen LogP) is 2.18. The van der Waals surface area contributed by atoms with Crippen LogP contribution in [0.1, 0.15) is 24.3 Å². The van der Waals surface area contributed by atoms with Gasteiger partial charge in [-0.1, -0.05) is 30.3 Å². The second-order valence-corrected chi connectivity index (χ2v) is 7.77. The molecule has 0 aromatic heterocycles. The Morgan fingerprint density at radius 3 is 2.63 bits per heavy atom. The summed E-state index contributed by atoms with van der Waals surface area (Å²) in [5.41, 5.74) is 1.02. The lowest BCUT2D eigenvalue weighted by molar-refractivity contribution is -0.136. The van der Waals surface area contributed by atoms with Crippen LogP contribution in [0.4, 0.5) is 0 Å². The Bertz CT molecular complexity index is 664. The number of amides is 1. The van der Waals surface area contributed by atoms with E-state index >= 15 is 0 Å². The van der Waals surface area contributed by atoms with Gasteiger partial charge in [0.25, 0.3) is 0 Å². The van der Waals surface area contributed by atoms with Crippen LogP contribution in [0.5, 0.6) is 0 Å². The summed E-state index contributed by atoms with van der Waals surface area (Å²) in [5.74, 6) is 1.43. The monoisotopic (exact) mass is 530 g/mol. The second-order valence-electron chi connectivity index (χ2n) is 7.77. The summed E-state index contributed by atoms with van der Waals surface area (Å²) in [6.07, 6.45) is 2.61. The SMILES string of the molecule is CN=C(NCC(C(=O)N1CCOCC1)c1ccccc1)N(C)CCOCC1CC1.I. The van der Waals surface area contributed by atoms with E-state index in [0.29, 0.717) is 39.5 Å². The van der Waals surface area contributed by atoms with E-state index in [1.54, 1.807) is 7.05 Å². The van der Waals surface area contributed by atoms with Crippen molar-refractivity contribution in [1.82, 2.24) is 15.1 Å². The van der Waals surface area contributed by atoms with Gasteiger partial charge in [0.05, 0.1) is 25.7 Å². The number of halogens is 1. The van der Waals surface area contributed by atoms with E-state index in [0.717, 1.165) is 30.6 Å². The molecule has 1 heterocycles. The second kappa shape index (κ2) is 13.1. The van der Waals surface area contributed by atoms with Crippen molar-refractivity contribution in [3.05, 3.63) is 35.9 Å². The van der Waals surface area contributed by atoms with Gasteiger partial charge in [-0.3, -0.25) is 9.79 Å². The third kappa shape index (κ3) is 7.70. The Balaban J connectivity index is 0.00000320. The highest BCUT2D eigenvalue weighted by molar-refractivity contribution is 14.0. The van der Waals surface area contributed by atoms with Crippen LogP contribution < -0.4 is 5.32 Å². The van der Waals surface area contributed by atoms with Gasteiger partial charge in [0.2, 0.25) is 5.91 Å². The molecule has 1 aliphatic heterocycles. The molecule has 1 amide bonds. The Hall–Kier alpha value is -1.39. The number of guanidine groups is 1. The molecule has 168 valence electrons. The zero-order valence-corrected chi connectivity index (χ0v) is 20.4. The summed E-state index contributed by atoms with van der Waals surface area (Å²) in [4.78, 5) is 21.5. The molecule has 1 saturated carbocycles. The van der Waals surface area contributed by atoms with Crippen molar-refractivity contribution in [2.24, 2.45) is 10.9 Å². The van der Waals surface area contributed by atoms with Gasteiger partial charge in [-0.25, -0.2) is 0 Å². The van der Waals surface area contributed by atoms with Crippen molar-refractivity contribution in [1.29, 1.82) is 0 Å². The fourth-order valence-corrected chi connectivity index (χ4v) is 3.46. The largest absolute Gasteiger partial charge is 0.379 e. The third-order valence-corrected chi connectivity index (χ3v) is 5.48. The Morgan fingerprint density at radius 2 is 2.00 bits per heavy atom. The normalized spacial score (nSPS) is 17.8. The van der Waals surface area contributed by atoms with Crippen molar-refractivity contribution in [3.63, 3.8) is 0 Å². The molecule has 1 atom stereocenters. The first-order chi connectivity index (χ1) is 14.2. The first-order valence-corrected chi connectivity index (χ1v) is 10.6. The number of morpholine rings is 1. The first-order valence-electron chi connectivity index (χ1n) is 10.6. The molecular weight excluding hydrogens is 495 g/mol. The van der Waals surface area contributed by atoms with E-state index in [4.69, 9.17) is 9.47 Å². The van der Waals surface area contributed by atoms with Crippen LogP contribution in [0.2, 0.25) is 0 Å². The minimum atomic E-state index is -0.259. The van der Waals surface area contributed by atoms with Gasteiger partial charge < -0.3 is 24.6 Å². The maximum atomic E-state index is 13.2. The predicted molar refractivity (Wildman–Crippen MR) is 130 cm³/mol. The molecule has 1 unspecified atom stereocenters. The number of likely N-dealkylation sites (N-methyl/N-ethyl adjacent to an activating group) is 1. The number of ether oxygens (including phenoxy) is 2. The zero-order chi connectivity index (χ0) is 20.5. The van der Waals surface area contributed by atoms with Crippen molar-refractivity contribution < 1.29 is 14.3 Å². The summed E-state index contributed by atoms with van der Waals surface area (Å²) < 4.78 is 11.1. The molecule has 1 saturated heterocycles. The molecule has 30 heavy (non-hydrogen) atoms. The van der Waals surface area contributed by atoms with Gasteiger partial charge >= 0.3 is 0 Å². The van der Waals surface area contributed by atoms with E-state index in [1.807, 2.05) is 47.2 Å². The number of benzene rings is 1. The maximum Gasteiger partial charge on any atom is 0.232 e. The van der Waals surface area contributed by atoms with Gasteiger partial charge in [-0.15, -0.1) is 24.0 Å². The molecule has 0 bridgehead atoms. The molecule has 0 radical (unpaired) electrons. The molecule has 1 aromatic rings. The van der Waals surface area contributed by atoms with Crippen molar-refractivity contribution in [2.45, 2.75) is 18.8 Å². The molecular formula is C22H35IN4O3. The summed E-state index contributed by atoms with van der Waals surface area (Å²) in [6, 6.07) is 9.97. The molecule has 2 fully saturated rings. The molecule has 1 aromatic carbocycles. The lowest BCUT2D eigenvalue weighted by Crippen LogP contribution is -2.47. The van der Waals surface area contributed by atoms with Gasteiger partial charge in [-0.05, 0) is 24.3 Å². The summed E-state index contributed by atoms with van der Waals surface area (Å²) in [7, 11) is 3.77. The van der Waals surface area contributed by atoms with Crippen molar-refractivity contribution in [3.8, 4) is 0 Å². The number of carbonyl (C=O) groups is 1. The van der Waals surface area contributed by atoms with Crippen LogP contribution in [-0.4, -0.2) is 88.4 Å². The van der Waals surface area contributed by atoms with Crippen molar-refractivity contribution >= 4 is 35.8 Å². The van der Waals surface area contributed by atoms with E-state index in [9.17, 15) is 4.79 Å². The lowest BCUT2D eigenvalue weighted by Gasteiger charge is -2.31. The number of rotatable bonds is 9. The number of carbonyl (C=O) groups excluding carboxylic acids is 1. The van der Waals surface area contributed by atoms with Crippen LogP contribution in [0.15, 0.2) is 35.3 Å². The topological polar surface area (TPSA) is 66.4 Å². The Kier molecular flexibility index (Phi) is 10.9. The molecule has 3 rings (SSSR count). The summed E-state index contributed by atoms with van der Waals surface area (Å²) in [6.45, 7) is 5.31. The van der Waals surface area contributed by atoms with Crippen LogP contribution in [0, 0.1) is 5.92 Å². The third-order valence-electron chi connectivity index (χ3n) is 5.48. The average molecular weight is 530 g/mol.